The standard InChI is InChI=1S/C16H21N3O3S2/c1-12(20)18-10-9-15-6-7-16(23-15)24(21,22)19-11-8-13-2-4-14(17)5-3-13/h2-7,19H,8-11,17H2,1H3,(H,18,20). The van der Waals surface area contributed by atoms with Gasteiger partial charge in [0.25, 0.3) is 0 Å². The van der Waals surface area contributed by atoms with Crippen molar-refractivity contribution in [2.45, 2.75) is 24.0 Å². The molecule has 0 aliphatic rings. The van der Waals surface area contributed by atoms with Gasteiger partial charge in [-0.3, -0.25) is 4.79 Å². The number of nitrogens with one attached hydrogen (secondary N) is 2. The molecule has 4 N–H and O–H groups in total. The Hall–Kier alpha value is -1.90. The number of thiophene rings is 1. The second-order valence-electron chi connectivity index (χ2n) is 5.34. The van der Waals surface area contributed by atoms with Gasteiger partial charge in [0.15, 0.2) is 0 Å². The van der Waals surface area contributed by atoms with Crippen molar-refractivity contribution in [3.63, 3.8) is 0 Å². The monoisotopic (exact) mass is 367 g/mol. The molecule has 0 saturated carbocycles. The fraction of sp³-hybridized carbons (Fsp3) is 0.312. The van der Waals surface area contributed by atoms with Crippen LogP contribution in [0.5, 0.6) is 0 Å². The van der Waals surface area contributed by atoms with Crippen molar-refractivity contribution in [1.82, 2.24) is 10.0 Å². The minimum Gasteiger partial charge on any atom is -0.399 e. The first-order valence-electron chi connectivity index (χ1n) is 7.54. The number of hydrogen-bond acceptors (Lipinski definition) is 5. The number of sulfonamides is 1. The van der Waals surface area contributed by atoms with Crippen LogP contribution in [0.1, 0.15) is 17.4 Å². The van der Waals surface area contributed by atoms with Crippen molar-refractivity contribution in [1.29, 1.82) is 0 Å². The zero-order valence-electron chi connectivity index (χ0n) is 13.4. The van der Waals surface area contributed by atoms with Gasteiger partial charge in [-0.15, -0.1) is 11.3 Å². The van der Waals surface area contributed by atoms with E-state index in [1.54, 1.807) is 24.3 Å². The number of carbonyl (C=O) groups is 1. The van der Waals surface area contributed by atoms with Gasteiger partial charge in [-0.05, 0) is 42.7 Å². The second-order valence-corrected chi connectivity index (χ2v) is 8.51. The molecule has 2 rings (SSSR count). The van der Waals surface area contributed by atoms with Gasteiger partial charge in [0, 0.05) is 30.6 Å². The number of nitrogen functional groups attached to an aromatic ring is 1. The van der Waals surface area contributed by atoms with Crippen molar-refractivity contribution in [2.75, 3.05) is 18.8 Å². The topological polar surface area (TPSA) is 101 Å². The van der Waals surface area contributed by atoms with Gasteiger partial charge in [0.2, 0.25) is 15.9 Å². The van der Waals surface area contributed by atoms with E-state index in [1.807, 2.05) is 12.1 Å². The Morgan fingerprint density at radius 3 is 2.46 bits per heavy atom. The van der Waals surface area contributed by atoms with Gasteiger partial charge >= 0.3 is 0 Å². The van der Waals surface area contributed by atoms with Gasteiger partial charge in [0.05, 0.1) is 0 Å². The largest absolute Gasteiger partial charge is 0.399 e. The maximum atomic E-state index is 12.3. The van der Waals surface area contributed by atoms with E-state index in [1.165, 1.54) is 18.3 Å². The maximum absolute atomic E-state index is 12.3. The van der Waals surface area contributed by atoms with E-state index >= 15 is 0 Å². The Morgan fingerprint density at radius 2 is 1.79 bits per heavy atom. The van der Waals surface area contributed by atoms with Crippen LogP contribution in [-0.4, -0.2) is 27.4 Å². The number of carbonyl (C=O) groups excluding carboxylic acids is 1. The van der Waals surface area contributed by atoms with E-state index in [2.05, 4.69) is 10.0 Å². The van der Waals surface area contributed by atoms with Crippen LogP contribution >= 0.6 is 11.3 Å². The van der Waals surface area contributed by atoms with Gasteiger partial charge in [-0.1, -0.05) is 12.1 Å². The molecule has 0 spiro atoms. The predicted molar refractivity (Wildman–Crippen MR) is 96.5 cm³/mol. The summed E-state index contributed by atoms with van der Waals surface area (Å²) in [6.45, 7) is 2.28. The second kappa shape index (κ2) is 8.27. The quantitative estimate of drug-likeness (QED) is 0.616. The molecule has 2 aromatic rings. The lowest BCUT2D eigenvalue weighted by Gasteiger charge is -2.05. The van der Waals surface area contributed by atoms with Crippen LogP contribution in [0.3, 0.4) is 0 Å². The molecule has 6 nitrogen and oxygen atoms in total. The summed E-state index contributed by atoms with van der Waals surface area (Å²) in [6.07, 6.45) is 1.21. The zero-order valence-corrected chi connectivity index (χ0v) is 15.0. The van der Waals surface area contributed by atoms with Gasteiger partial charge in [-0.2, -0.15) is 0 Å². The molecule has 1 amide bonds. The molecule has 1 heterocycles. The summed E-state index contributed by atoms with van der Waals surface area (Å²) in [5.41, 5.74) is 7.33. The highest BCUT2D eigenvalue weighted by molar-refractivity contribution is 7.91. The number of rotatable bonds is 8. The molecule has 24 heavy (non-hydrogen) atoms. The van der Waals surface area contributed by atoms with Crippen molar-refractivity contribution in [3.8, 4) is 0 Å². The first kappa shape index (κ1) is 18.4. The molecule has 0 bridgehead atoms. The van der Waals surface area contributed by atoms with Gasteiger partial charge < -0.3 is 11.1 Å². The summed E-state index contributed by atoms with van der Waals surface area (Å²) in [4.78, 5) is 11.8. The third-order valence-corrected chi connectivity index (χ3v) is 6.43. The van der Waals surface area contributed by atoms with Crippen molar-refractivity contribution in [2.24, 2.45) is 0 Å². The van der Waals surface area contributed by atoms with E-state index in [0.717, 1.165) is 10.4 Å². The van der Waals surface area contributed by atoms with Crippen LogP contribution in [0.15, 0.2) is 40.6 Å². The molecule has 0 aliphatic carbocycles. The summed E-state index contributed by atoms with van der Waals surface area (Å²) < 4.78 is 27.5. The molecular formula is C16H21N3O3S2. The zero-order chi connectivity index (χ0) is 17.6. The number of anilines is 1. The van der Waals surface area contributed by atoms with Crippen LogP contribution < -0.4 is 15.8 Å². The van der Waals surface area contributed by atoms with Crippen LogP contribution in [0.4, 0.5) is 5.69 Å². The lowest BCUT2D eigenvalue weighted by Crippen LogP contribution is -2.25. The Balaban J connectivity index is 1.87. The fourth-order valence-electron chi connectivity index (χ4n) is 2.08. The Bertz CT molecular complexity index is 783. The van der Waals surface area contributed by atoms with E-state index < -0.39 is 10.0 Å². The number of hydrogen-bond donors (Lipinski definition) is 3. The molecular weight excluding hydrogens is 346 g/mol. The number of nitrogens with two attached hydrogens (primary N) is 1. The Labute approximate surface area is 146 Å². The molecule has 0 aliphatic heterocycles. The third-order valence-electron chi connectivity index (χ3n) is 3.33. The molecule has 1 aromatic carbocycles. The van der Waals surface area contributed by atoms with E-state index in [9.17, 15) is 13.2 Å². The first-order chi connectivity index (χ1) is 11.4. The highest BCUT2D eigenvalue weighted by Gasteiger charge is 2.16. The number of benzene rings is 1. The third kappa shape index (κ3) is 5.63. The van der Waals surface area contributed by atoms with Gasteiger partial charge in [0.1, 0.15) is 4.21 Å². The average molecular weight is 367 g/mol. The fourth-order valence-corrected chi connectivity index (χ4v) is 4.52. The smallest absolute Gasteiger partial charge is 0.250 e. The first-order valence-corrected chi connectivity index (χ1v) is 9.84. The molecule has 0 atom stereocenters. The average Bonchev–Trinajstić information content (AvgIpc) is 2.98. The molecule has 1 aromatic heterocycles. The molecule has 8 heteroatoms. The van der Waals surface area contributed by atoms with E-state index in [-0.39, 0.29) is 10.1 Å². The van der Waals surface area contributed by atoms with Crippen LogP contribution in [0, 0.1) is 0 Å². The van der Waals surface area contributed by atoms with Crippen molar-refractivity contribution in [3.05, 3.63) is 46.8 Å². The summed E-state index contributed by atoms with van der Waals surface area (Å²) in [6, 6.07) is 10.7. The van der Waals surface area contributed by atoms with Crippen LogP contribution in [0.25, 0.3) is 0 Å². The highest BCUT2D eigenvalue weighted by atomic mass is 32.2. The van der Waals surface area contributed by atoms with Crippen LogP contribution in [0.2, 0.25) is 0 Å². The predicted octanol–water partition coefficient (Wildman–Crippen LogP) is 1.53. The highest BCUT2D eigenvalue weighted by Crippen LogP contribution is 2.21. The number of amides is 1. The SMILES string of the molecule is CC(=O)NCCc1ccc(S(=O)(=O)NCCc2ccc(N)cc2)s1. The summed E-state index contributed by atoms with van der Waals surface area (Å²) in [7, 11) is -3.50. The van der Waals surface area contributed by atoms with Crippen molar-refractivity contribution >= 4 is 33.0 Å². The molecule has 0 fully saturated rings. The summed E-state index contributed by atoms with van der Waals surface area (Å²) in [5.74, 6) is -0.0938. The normalized spacial score (nSPS) is 11.4. The molecule has 130 valence electrons. The lowest BCUT2D eigenvalue weighted by atomic mass is 10.1. The lowest BCUT2D eigenvalue weighted by molar-refractivity contribution is -0.118. The maximum Gasteiger partial charge on any atom is 0.250 e. The molecule has 0 radical (unpaired) electrons. The Morgan fingerprint density at radius 1 is 1.08 bits per heavy atom. The van der Waals surface area contributed by atoms with E-state index in [4.69, 9.17) is 5.73 Å². The minimum absolute atomic E-state index is 0.0938. The summed E-state index contributed by atoms with van der Waals surface area (Å²) in [5, 5.41) is 2.69. The Kier molecular flexibility index (Phi) is 6.36. The summed E-state index contributed by atoms with van der Waals surface area (Å²) >= 11 is 1.22. The molecule has 0 unspecified atom stereocenters. The minimum atomic E-state index is -3.50. The van der Waals surface area contributed by atoms with Crippen molar-refractivity contribution < 1.29 is 13.2 Å². The van der Waals surface area contributed by atoms with Crippen LogP contribution in [-0.2, 0) is 27.7 Å². The van der Waals surface area contributed by atoms with Gasteiger partial charge in [-0.25, -0.2) is 13.1 Å². The van der Waals surface area contributed by atoms with E-state index in [0.29, 0.717) is 31.6 Å². The molecule has 0 saturated heterocycles.